The van der Waals surface area contributed by atoms with E-state index in [1.54, 1.807) is 6.20 Å². The molecule has 4 nitrogen and oxygen atoms in total. The molecule has 0 aliphatic carbocycles. The van der Waals surface area contributed by atoms with Crippen molar-refractivity contribution in [2.24, 2.45) is 0 Å². The molecule has 0 unspecified atom stereocenters. The summed E-state index contributed by atoms with van der Waals surface area (Å²) in [5.41, 5.74) is 4.83. The zero-order valence-electron chi connectivity index (χ0n) is 15.5. The molecule has 0 radical (unpaired) electrons. The molecule has 0 atom stereocenters. The SMILES string of the molecule is CCN(c1ccccc1)c1ccc(C(=O)N2CCCc3ccccc32)nc1. The van der Waals surface area contributed by atoms with E-state index in [2.05, 4.69) is 35.0 Å². The fourth-order valence-corrected chi connectivity index (χ4v) is 3.68. The lowest BCUT2D eigenvalue weighted by atomic mass is 10.0. The second kappa shape index (κ2) is 7.62. The van der Waals surface area contributed by atoms with E-state index >= 15 is 0 Å². The first kappa shape index (κ1) is 17.3. The van der Waals surface area contributed by atoms with Gasteiger partial charge in [0.1, 0.15) is 5.69 Å². The summed E-state index contributed by atoms with van der Waals surface area (Å²) in [6.07, 6.45) is 3.80. The van der Waals surface area contributed by atoms with Crippen LogP contribution in [0.15, 0.2) is 72.9 Å². The maximum atomic E-state index is 13.0. The Bertz CT molecular complexity index is 922. The number of fused-ring (bicyclic) bond motifs is 1. The summed E-state index contributed by atoms with van der Waals surface area (Å²) in [6.45, 7) is 3.68. The minimum absolute atomic E-state index is 0.0311. The van der Waals surface area contributed by atoms with E-state index in [0.29, 0.717) is 5.69 Å². The highest BCUT2D eigenvalue weighted by atomic mass is 16.2. The fraction of sp³-hybridized carbons (Fsp3) is 0.217. The molecule has 0 fully saturated rings. The van der Waals surface area contributed by atoms with Crippen molar-refractivity contribution in [3.05, 3.63) is 84.2 Å². The lowest BCUT2D eigenvalue weighted by Crippen LogP contribution is -2.35. The van der Waals surface area contributed by atoms with E-state index in [0.717, 1.165) is 43.0 Å². The van der Waals surface area contributed by atoms with Crippen LogP contribution in [0.5, 0.6) is 0 Å². The summed E-state index contributed by atoms with van der Waals surface area (Å²) < 4.78 is 0. The van der Waals surface area contributed by atoms with Gasteiger partial charge in [-0.2, -0.15) is 0 Å². The van der Waals surface area contributed by atoms with Crippen molar-refractivity contribution < 1.29 is 4.79 Å². The van der Waals surface area contributed by atoms with Crippen LogP contribution in [0.3, 0.4) is 0 Å². The normalized spacial score (nSPS) is 13.1. The van der Waals surface area contributed by atoms with Gasteiger partial charge in [-0.25, -0.2) is 4.98 Å². The third-order valence-electron chi connectivity index (χ3n) is 5.02. The first-order valence-electron chi connectivity index (χ1n) is 9.46. The largest absolute Gasteiger partial charge is 0.341 e. The van der Waals surface area contributed by atoms with Crippen LogP contribution in [0.4, 0.5) is 17.1 Å². The second-order valence-electron chi connectivity index (χ2n) is 6.67. The summed E-state index contributed by atoms with van der Waals surface area (Å²) in [5.74, 6) is -0.0311. The Kier molecular flexibility index (Phi) is 4.88. The highest BCUT2D eigenvalue weighted by Gasteiger charge is 2.24. The van der Waals surface area contributed by atoms with Gasteiger partial charge in [-0.15, -0.1) is 0 Å². The molecule has 136 valence electrons. The minimum atomic E-state index is -0.0311. The number of para-hydroxylation sites is 2. The van der Waals surface area contributed by atoms with Gasteiger partial charge in [0.15, 0.2) is 0 Å². The average Bonchev–Trinajstić information content (AvgIpc) is 2.75. The van der Waals surface area contributed by atoms with Gasteiger partial charge in [0.2, 0.25) is 0 Å². The lowest BCUT2D eigenvalue weighted by molar-refractivity contribution is 0.0980. The Balaban J connectivity index is 1.59. The number of rotatable bonds is 4. The van der Waals surface area contributed by atoms with E-state index in [9.17, 15) is 4.79 Å². The van der Waals surface area contributed by atoms with Crippen LogP contribution in [-0.4, -0.2) is 24.0 Å². The molecule has 0 saturated carbocycles. The second-order valence-corrected chi connectivity index (χ2v) is 6.67. The molecule has 3 aromatic rings. The van der Waals surface area contributed by atoms with Gasteiger partial charge in [-0.05, 0) is 55.7 Å². The van der Waals surface area contributed by atoms with Gasteiger partial charge in [0, 0.05) is 24.5 Å². The number of carbonyl (C=O) groups is 1. The predicted molar refractivity (Wildman–Crippen MR) is 110 cm³/mol. The number of pyridine rings is 1. The molecule has 2 heterocycles. The fourth-order valence-electron chi connectivity index (χ4n) is 3.68. The number of hydrogen-bond acceptors (Lipinski definition) is 3. The topological polar surface area (TPSA) is 36.4 Å². The molecule has 4 rings (SSSR count). The van der Waals surface area contributed by atoms with Crippen LogP contribution in [-0.2, 0) is 6.42 Å². The van der Waals surface area contributed by atoms with Crippen LogP contribution in [0.25, 0.3) is 0 Å². The molecule has 1 aliphatic heterocycles. The molecular weight excluding hydrogens is 334 g/mol. The number of carbonyl (C=O) groups excluding carboxylic acids is 1. The number of benzene rings is 2. The van der Waals surface area contributed by atoms with Gasteiger partial charge in [-0.3, -0.25) is 4.79 Å². The Morgan fingerprint density at radius 2 is 1.78 bits per heavy atom. The standard InChI is InChI=1S/C23H23N3O/c1-2-25(19-11-4-3-5-12-19)20-14-15-21(24-17-20)23(27)26-16-8-10-18-9-6-7-13-22(18)26/h3-7,9,11-15,17H,2,8,10,16H2,1H3. The van der Waals surface area contributed by atoms with Crippen LogP contribution < -0.4 is 9.80 Å². The molecule has 1 aliphatic rings. The van der Waals surface area contributed by atoms with E-state index in [1.165, 1.54) is 5.56 Å². The lowest BCUT2D eigenvalue weighted by Gasteiger charge is -2.29. The summed E-state index contributed by atoms with van der Waals surface area (Å²) in [7, 11) is 0. The van der Waals surface area contributed by atoms with Crippen LogP contribution in [0.1, 0.15) is 29.4 Å². The summed E-state index contributed by atoms with van der Waals surface area (Å²) >= 11 is 0. The monoisotopic (exact) mass is 357 g/mol. The van der Waals surface area contributed by atoms with Gasteiger partial charge < -0.3 is 9.80 Å². The van der Waals surface area contributed by atoms with Crippen molar-refractivity contribution in [3.8, 4) is 0 Å². The summed E-state index contributed by atoms with van der Waals surface area (Å²) in [4.78, 5) is 21.6. The maximum Gasteiger partial charge on any atom is 0.276 e. The van der Waals surface area contributed by atoms with Crippen molar-refractivity contribution in [2.45, 2.75) is 19.8 Å². The Morgan fingerprint density at radius 3 is 2.52 bits per heavy atom. The van der Waals surface area contributed by atoms with E-state index in [1.807, 2.05) is 53.4 Å². The number of hydrogen-bond donors (Lipinski definition) is 0. The van der Waals surface area contributed by atoms with Crippen LogP contribution in [0.2, 0.25) is 0 Å². The van der Waals surface area contributed by atoms with Gasteiger partial charge >= 0.3 is 0 Å². The van der Waals surface area contributed by atoms with E-state index < -0.39 is 0 Å². The smallest absolute Gasteiger partial charge is 0.276 e. The van der Waals surface area contributed by atoms with Crippen LogP contribution >= 0.6 is 0 Å². The predicted octanol–water partition coefficient (Wildman–Crippen LogP) is 4.83. The van der Waals surface area contributed by atoms with Crippen LogP contribution in [0, 0.1) is 0 Å². The minimum Gasteiger partial charge on any atom is -0.341 e. The Labute approximate surface area is 160 Å². The third-order valence-corrected chi connectivity index (χ3v) is 5.02. The van der Waals surface area contributed by atoms with E-state index in [4.69, 9.17) is 0 Å². The highest BCUT2D eigenvalue weighted by molar-refractivity contribution is 6.05. The van der Waals surface area contributed by atoms with Crippen molar-refractivity contribution in [3.63, 3.8) is 0 Å². The molecule has 0 saturated heterocycles. The summed E-state index contributed by atoms with van der Waals surface area (Å²) in [5, 5.41) is 0. The average molecular weight is 357 g/mol. The first-order chi connectivity index (χ1) is 13.3. The Hall–Kier alpha value is -3.14. The van der Waals surface area contributed by atoms with Gasteiger partial charge in [0.05, 0.1) is 11.9 Å². The molecule has 27 heavy (non-hydrogen) atoms. The molecule has 2 aromatic carbocycles. The summed E-state index contributed by atoms with van der Waals surface area (Å²) in [6, 6.07) is 22.2. The molecule has 0 N–H and O–H groups in total. The number of nitrogens with zero attached hydrogens (tertiary/aromatic N) is 3. The first-order valence-corrected chi connectivity index (χ1v) is 9.46. The van der Waals surface area contributed by atoms with Crippen molar-refractivity contribution >= 4 is 23.0 Å². The van der Waals surface area contributed by atoms with Crippen molar-refractivity contribution in [2.75, 3.05) is 22.9 Å². The zero-order valence-corrected chi connectivity index (χ0v) is 15.5. The number of anilines is 3. The molecule has 4 heteroatoms. The Morgan fingerprint density at radius 1 is 1.00 bits per heavy atom. The maximum absolute atomic E-state index is 13.0. The molecular formula is C23H23N3O. The molecule has 1 amide bonds. The zero-order chi connectivity index (χ0) is 18.6. The quantitative estimate of drug-likeness (QED) is 0.671. The number of amides is 1. The van der Waals surface area contributed by atoms with E-state index in [-0.39, 0.29) is 5.91 Å². The van der Waals surface area contributed by atoms with Crippen molar-refractivity contribution in [1.82, 2.24) is 4.98 Å². The molecule has 0 bridgehead atoms. The number of aryl methyl sites for hydroxylation is 1. The number of aromatic nitrogens is 1. The van der Waals surface area contributed by atoms with Crippen molar-refractivity contribution in [1.29, 1.82) is 0 Å². The van der Waals surface area contributed by atoms with Gasteiger partial charge in [-0.1, -0.05) is 36.4 Å². The third kappa shape index (κ3) is 3.43. The molecule has 1 aromatic heterocycles. The van der Waals surface area contributed by atoms with Gasteiger partial charge in [0.25, 0.3) is 5.91 Å². The highest BCUT2D eigenvalue weighted by Crippen LogP contribution is 2.29. The molecule has 0 spiro atoms.